The SMILES string of the molecule is C=CCSc1nnc(NC(=O)C2CCN(C3=NS(=O)(=O)c4ccccc43)CC2)s1. The lowest BCUT2D eigenvalue weighted by molar-refractivity contribution is -0.120. The van der Waals surface area contributed by atoms with Crippen molar-refractivity contribution in [2.24, 2.45) is 10.3 Å². The summed E-state index contributed by atoms with van der Waals surface area (Å²) in [7, 11) is -3.63. The van der Waals surface area contributed by atoms with Crippen LogP contribution in [0.3, 0.4) is 0 Å². The first-order chi connectivity index (χ1) is 14.0. The van der Waals surface area contributed by atoms with Gasteiger partial charge in [-0.05, 0) is 25.0 Å². The monoisotopic (exact) mass is 449 g/mol. The number of rotatable bonds is 5. The normalized spacial score (nSPS) is 18.2. The van der Waals surface area contributed by atoms with Crippen molar-refractivity contribution < 1.29 is 13.2 Å². The molecule has 29 heavy (non-hydrogen) atoms. The van der Waals surface area contributed by atoms with Gasteiger partial charge >= 0.3 is 0 Å². The molecule has 2 aromatic rings. The number of nitrogens with one attached hydrogen (secondary N) is 1. The summed E-state index contributed by atoms with van der Waals surface area (Å²) in [5.41, 5.74) is 0.633. The topological polar surface area (TPSA) is 105 Å². The zero-order valence-electron chi connectivity index (χ0n) is 15.4. The molecule has 2 aliphatic heterocycles. The van der Waals surface area contributed by atoms with E-state index in [1.807, 2.05) is 4.90 Å². The molecule has 1 aromatic heterocycles. The van der Waals surface area contributed by atoms with Crippen LogP contribution in [0.15, 0.2) is 50.6 Å². The van der Waals surface area contributed by atoms with E-state index in [2.05, 4.69) is 26.5 Å². The van der Waals surface area contributed by atoms with E-state index in [1.165, 1.54) is 23.1 Å². The Hall–Kier alpha value is -2.24. The number of nitrogens with zero attached hydrogens (tertiary/aromatic N) is 4. The molecule has 1 saturated heterocycles. The summed E-state index contributed by atoms with van der Waals surface area (Å²) in [6.07, 6.45) is 3.02. The van der Waals surface area contributed by atoms with E-state index < -0.39 is 10.0 Å². The fourth-order valence-electron chi connectivity index (χ4n) is 3.33. The van der Waals surface area contributed by atoms with Gasteiger partial charge in [-0.3, -0.25) is 4.79 Å². The first-order valence-electron chi connectivity index (χ1n) is 9.05. The molecular formula is C18H19N5O3S3. The van der Waals surface area contributed by atoms with Crippen LogP contribution >= 0.6 is 23.1 Å². The molecule has 0 atom stereocenters. The maximum absolute atomic E-state index is 12.6. The van der Waals surface area contributed by atoms with Gasteiger partial charge in [-0.25, -0.2) is 0 Å². The standard InChI is InChI=1S/C18H19N5O3S3/c1-2-11-27-18-21-20-17(28-18)19-16(24)12-7-9-23(10-8-12)15-13-5-3-4-6-14(13)29(25,26)22-15/h2-6,12H,1,7-11H2,(H,19,20,24). The number of hydrogen-bond donors (Lipinski definition) is 1. The summed E-state index contributed by atoms with van der Waals surface area (Å²) in [6, 6.07) is 6.85. The van der Waals surface area contributed by atoms with Crippen LogP contribution in [-0.2, 0) is 14.8 Å². The number of hydrogen-bond acceptors (Lipinski definition) is 8. The van der Waals surface area contributed by atoms with Crippen LogP contribution in [-0.4, -0.2) is 54.1 Å². The van der Waals surface area contributed by atoms with Crippen molar-refractivity contribution in [1.82, 2.24) is 15.1 Å². The second-order valence-electron chi connectivity index (χ2n) is 6.61. The summed E-state index contributed by atoms with van der Waals surface area (Å²) in [5, 5.41) is 11.4. The number of thioether (sulfide) groups is 1. The van der Waals surface area contributed by atoms with E-state index in [4.69, 9.17) is 0 Å². The maximum Gasteiger partial charge on any atom is 0.285 e. The zero-order chi connectivity index (χ0) is 20.4. The van der Waals surface area contributed by atoms with Crippen molar-refractivity contribution in [3.63, 3.8) is 0 Å². The number of aromatic nitrogens is 2. The summed E-state index contributed by atoms with van der Waals surface area (Å²) in [6.45, 7) is 4.80. The van der Waals surface area contributed by atoms with E-state index in [0.29, 0.717) is 42.5 Å². The molecule has 3 heterocycles. The molecule has 0 unspecified atom stereocenters. The van der Waals surface area contributed by atoms with Gasteiger partial charge in [0.1, 0.15) is 4.90 Å². The summed E-state index contributed by atoms with van der Waals surface area (Å²) in [4.78, 5) is 14.8. The Labute approximate surface area is 177 Å². The number of fused-ring (bicyclic) bond motifs is 1. The Balaban J connectivity index is 1.37. The highest BCUT2D eigenvalue weighted by molar-refractivity contribution is 8.01. The van der Waals surface area contributed by atoms with Crippen LogP contribution in [0.5, 0.6) is 0 Å². The van der Waals surface area contributed by atoms with Gasteiger partial charge in [0.2, 0.25) is 11.0 Å². The van der Waals surface area contributed by atoms with Gasteiger partial charge in [-0.1, -0.05) is 41.3 Å². The first-order valence-corrected chi connectivity index (χ1v) is 12.3. The number of likely N-dealkylation sites (tertiary alicyclic amines) is 1. The first kappa shape index (κ1) is 20.0. The molecule has 0 spiro atoms. The van der Waals surface area contributed by atoms with Gasteiger partial charge in [0, 0.05) is 30.3 Å². The van der Waals surface area contributed by atoms with Crippen molar-refractivity contribution in [1.29, 1.82) is 0 Å². The van der Waals surface area contributed by atoms with Gasteiger partial charge in [-0.2, -0.15) is 8.42 Å². The third-order valence-electron chi connectivity index (χ3n) is 4.74. The summed E-state index contributed by atoms with van der Waals surface area (Å²) < 4.78 is 29.3. The molecule has 8 nitrogen and oxygen atoms in total. The number of amidine groups is 1. The van der Waals surface area contributed by atoms with Crippen LogP contribution in [0.2, 0.25) is 0 Å². The highest BCUT2D eigenvalue weighted by atomic mass is 32.2. The minimum Gasteiger partial charge on any atom is -0.355 e. The number of carbonyl (C=O) groups is 1. The molecule has 4 rings (SSSR count). The summed E-state index contributed by atoms with van der Waals surface area (Å²) in [5.74, 6) is 0.979. The van der Waals surface area contributed by atoms with Gasteiger partial charge in [-0.15, -0.1) is 21.2 Å². The number of piperidine rings is 1. The molecule has 1 fully saturated rings. The molecule has 1 aromatic carbocycles. The van der Waals surface area contributed by atoms with E-state index in [0.717, 1.165) is 10.1 Å². The maximum atomic E-state index is 12.6. The highest BCUT2D eigenvalue weighted by Crippen LogP contribution is 2.30. The molecule has 1 N–H and O–H groups in total. The molecule has 0 bridgehead atoms. The van der Waals surface area contributed by atoms with Crippen LogP contribution in [0, 0.1) is 5.92 Å². The Bertz CT molecular complexity index is 1070. The fraction of sp³-hybridized carbons (Fsp3) is 0.333. The average molecular weight is 450 g/mol. The molecular weight excluding hydrogens is 430 g/mol. The predicted octanol–water partition coefficient (Wildman–Crippen LogP) is 2.62. The quantitative estimate of drug-likeness (QED) is 0.425. The minimum absolute atomic E-state index is 0.0811. The lowest BCUT2D eigenvalue weighted by atomic mass is 9.95. The van der Waals surface area contributed by atoms with Crippen LogP contribution in [0.1, 0.15) is 18.4 Å². The second kappa shape index (κ2) is 8.25. The van der Waals surface area contributed by atoms with Gasteiger partial charge in [0.25, 0.3) is 10.0 Å². The Kier molecular flexibility index (Phi) is 5.70. The van der Waals surface area contributed by atoms with Crippen LogP contribution in [0.4, 0.5) is 5.13 Å². The molecule has 2 aliphatic rings. The predicted molar refractivity (Wildman–Crippen MR) is 114 cm³/mol. The molecule has 0 saturated carbocycles. The third-order valence-corrected chi connectivity index (χ3v) is 8.03. The fourth-order valence-corrected chi connectivity index (χ4v) is 6.07. The van der Waals surface area contributed by atoms with E-state index in [9.17, 15) is 13.2 Å². The van der Waals surface area contributed by atoms with Crippen molar-refractivity contribution in [2.75, 3.05) is 24.2 Å². The van der Waals surface area contributed by atoms with E-state index in [1.54, 1.807) is 30.3 Å². The Morgan fingerprint density at radius 3 is 2.83 bits per heavy atom. The van der Waals surface area contributed by atoms with E-state index in [-0.39, 0.29) is 16.7 Å². The van der Waals surface area contributed by atoms with Gasteiger partial charge in [0.05, 0.1) is 0 Å². The van der Waals surface area contributed by atoms with Crippen LogP contribution in [0.25, 0.3) is 0 Å². The largest absolute Gasteiger partial charge is 0.355 e. The van der Waals surface area contributed by atoms with E-state index >= 15 is 0 Å². The van der Waals surface area contributed by atoms with Crippen LogP contribution < -0.4 is 5.32 Å². The Morgan fingerprint density at radius 1 is 1.31 bits per heavy atom. The number of amides is 1. The molecule has 152 valence electrons. The smallest absolute Gasteiger partial charge is 0.285 e. The molecule has 1 amide bonds. The van der Waals surface area contributed by atoms with Gasteiger partial charge in [0.15, 0.2) is 10.2 Å². The second-order valence-corrected chi connectivity index (χ2v) is 10.4. The van der Waals surface area contributed by atoms with Crippen molar-refractivity contribution >= 4 is 50.0 Å². The minimum atomic E-state index is -3.63. The number of carbonyl (C=O) groups excluding carboxylic acids is 1. The zero-order valence-corrected chi connectivity index (χ0v) is 17.9. The van der Waals surface area contributed by atoms with Crippen molar-refractivity contribution in [3.8, 4) is 0 Å². The number of benzene rings is 1. The van der Waals surface area contributed by atoms with Crippen molar-refractivity contribution in [2.45, 2.75) is 22.1 Å². The molecule has 0 aliphatic carbocycles. The summed E-state index contributed by atoms with van der Waals surface area (Å²) >= 11 is 2.86. The lowest BCUT2D eigenvalue weighted by Crippen LogP contribution is -2.41. The van der Waals surface area contributed by atoms with Crippen molar-refractivity contribution in [3.05, 3.63) is 42.5 Å². The lowest BCUT2D eigenvalue weighted by Gasteiger charge is -2.32. The average Bonchev–Trinajstić information content (AvgIpc) is 3.28. The number of anilines is 1. The highest BCUT2D eigenvalue weighted by Gasteiger charge is 2.34. The Morgan fingerprint density at radius 2 is 2.07 bits per heavy atom. The van der Waals surface area contributed by atoms with Gasteiger partial charge < -0.3 is 10.2 Å². The molecule has 0 radical (unpaired) electrons. The third kappa shape index (κ3) is 4.21. The number of sulfonamides is 1. The molecule has 11 heteroatoms.